The van der Waals surface area contributed by atoms with E-state index in [1.54, 1.807) is 51.6 Å². The van der Waals surface area contributed by atoms with Crippen LogP contribution in [0.2, 0.25) is 0 Å². The molecule has 28 heavy (non-hydrogen) atoms. The van der Waals surface area contributed by atoms with Crippen molar-refractivity contribution in [2.75, 3.05) is 26.6 Å². The molecular formula is C20H21N3O4S. The molecule has 1 unspecified atom stereocenters. The lowest BCUT2D eigenvalue weighted by molar-refractivity contribution is -0.127. The number of carbonyl (C=O) groups excluding carboxylic acids is 2. The van der Waals surface area contributed by atoms with Gasteiger partial charge in [-0.15, -0.1) is 0 Å². The molecule has 0 aliphatic carbocycles. The van der Waals surface area contributed by atoms with Crippen LogP contribution in [0.1, 0.15) is 6.42 Å². The normalized spacial score (nSPS) is 17.7. The van der Waals surface area contributed by atoms with Gasteiger partial charge < -0.3 is 14.8 Å². The minimum absolute atomic E-state index is 0.0603. The highest BCUT2D eigenvalue weighted by Gasteiger charge is 2.37. The summed E-state index contributed by atoms with van der Waals surface area (Å²) in [4.78, 5) is 30.9. The van der Waals surface area contributed by atoms with Gasteiger partial charge in [0.05, 0.1) is 14.2 Å². The number of amides is 2. The number of benzene rings is 2. The molecule has 146 valence electrons. The van der Waals surface area contributed by atoms with Gasteiger partial charge in [0.2, 0.25) is 11.8 Å². The van der Waals surface area contributed by atoms with E-state index in [1.807, 2.05) is 18.2 Å². The van der Waals surface area contributed by atoms with Crippen LogP contribution in [0.15, 0.2) is 53.5 Å². The summed E-state index contributed by atoms with van der Waals surface area (Å²) in [6, 6.07) is 14.3. The Bertz CT molecular complexity index is 899. The third-order valence-corrected chi connectivity index (χ3v) is 5.42. The Morgan fingerprint density at radius 2 is 1.86 bits per heavy atom. The number of anilines is 1. The molecule has 8 heteroatoms. The average Bonchev–Trinajstić information content (AvgIpc) is 2.96. The molecule has 1 aliphatic heterocycles. The van der Waals surface area contributed by atoms with E-state index < -0.39 is 5.25 Å². The topological polar surface area (TPSA) is 80.2 Å². The zero-order chi connectivity index (χ0) is 20.1. The first-order valence-corrected chi connectivity index (χ1v) is 9.49. The first-order chi connectivity index (χ1) is 13.5. The van der Waals surface area contributed by atoms with Crippen molar-refractivity contribution in [3.8, 4) is 11.5 Å². The smallest absolute Gasteiger partial charge is 0.242 e. The van der Waals surface area contributed by atoms with Gasteiger partial charge >= 0.3 is 0 Å². The van der Waals surface area contributed by atoms with E-state index in [1.165, 1.54) is 16.7 Å². The number of hydrogen-bond acceptors (Lipinski definition) is 6. The van der Waals surface area contributed by atoms with E-state index in [2.05, 4.69) is 10.3 Å². The third-order valence-electron chi connectivity index (χ3n) is 4.19. The Hall–Kier alpha value is -3.00. The van der Waals surface area contributed by atoms with Crippen LogP contribution in [0.3, 0.4) is 0 Å². The summed E-state index contributed by atoms with van der Waals surface area (Å²) in [6.07, 6.45) is 0.0603. The summed E-state index contributed by atoms with van der Waals surface area (Å²) >= 11 is 1.28. The van der Waals surface area contributed by atoms with Crippen molar-refractivity contribution in [3.05, 3.63) is 48.5 Å². The molecule has 0 aromatic heterocycles. The number of aliphatic imine (C=N–C) groups is 1. The molecule has 0 saturated carbocycles. The molecule has 3 rings (SSSR count). The van der Waals surface area contributed by atoms with E-state index in [9.17, 15) is 9.59 Å². The van der Waals surface area contributed by atoms with Crippen LogP contribution in [-0.4, -0.2) is 48.4 Å². The molecular weight excluding hydrogens is 378 g/mol. The van der Waals surface area contributed by atoms with Crippen LogP contribution in [0.25, 0.3) is 0 Å². The van der Waals surface area contributed by atoms with Crippen LogP contribution in [0, 0.1) is 0 Å². The van der Waals surface area contributed by atoms with Gasteiger partial charge in [0.25, 0.3) is 0 Å². The van der Waals surface area contributed by atoms with Gasteiger partial charge in [0.15, 0.2) is 5.17 Å². The van der Waals surface area contributed by atoms with Crippen molar-refractivity contribution in [3.63, 3.8) is 0 Å². The quantitative estimate of drug-likeness (QED) is 0.806. The van der Waals surface area contributed by atoms with Crippen molar-refractivity contribution in [2.45, 2.75) is 11.7 Å². The van der Waals surface area contributed by atoms with Gasteiger partial charge in [-0.1, -0.05) is 23.9 Å². The van der Waals surface area contributed by atoms with E-state index >= 15 is 0 Å². The molecule has 1 saturated heterocycles. The largest absolute Gasteiger partial charge is 0.497 e. The summed E-state index contributed by atoms with van der Waals surface area (Å²) in [7, 11) is 4.81. The molecule has 2 aromatic carbocycles. The molecule has 0 radical (unpaired) electrons. The van der Waals surface area contributed by atoms with Crippen molar-refractivity contribution < 1.29 is 19.1 Å². The minimum atomic E-state index is -0.517. The number of amidine groups is 1. The SMILES string of the molecule is COc1ccc(NC(=O)CC2SC(=Nc3ccccc3OC)N(C)C2=O)cc1. The molecule has 1 heterocycles. The van der Waals surface area contributed by atoms with Gasteiger partial charge in [-0.25, -0.2) is 4.99 Å². The Morgan fingerprint density at radius 1 is 1.14 bits per heavy atom. The highest BCUT2D eigenvalue weighted by Crippen LogP contribution is 2.33. The third kappa shape index (κ3) is 4.45. The number of thioether (sulfide) groups is 1. The maximum absolute atomic E-state index is 12.5. The van der Waals surface area contributed by atoms with E-state index in [0.29, 0.717) is 28.0 Å². The lowest BCUT2D eigenvalue weighted by atomic mass is 10.2. The maximum atomic E-state index is 12.5. The fourth-order valence-corrected chi connectivity index (χ4v) is 3.82. The summed E-state index contributed by atoms with van der Waals surface area (Å²) in [5.41, 5.74) is 1.29. The predicted molar refractivity (Wildman–Crippen MR) is 110 cm³/mol. The second-order valence-corrected chi connectivity index (χ2v) is 7.22. The van der Waals surface area contributed by atoms with Gasteiger partial charge in [-0.2, -0.15) is 0 Å². The fourth-order valence-electron chi connectivity index (χ4n) is 2.68. The number of ether oxygens (including phenoxy) is 2. The van der Waals surface area contributed by atoms with Crippen molar-refractivity contribution in [1.82, 2.24) is 4.90 Å². The van der Waals surface area contributed by atoms with Crippen molar-refractivity contribution >= 4 is 40.1 Å². The highest BCUT2D eigenvalue weighted by molar-refractivity contribution is 8.15. The van der Waals surface area contributed by atoms with E-state index in [-0.39, 0.29) is 18.2 Å². The summed E-state index contributed by atoms with van der Waals surface area (Å²) in [5, 5.41) is 2.82. The molecule has 2 aromatic rings. The molecule has 1 aliphatic rings. The van der Waals surface area contributed by atoms with E-state index in [0.717, 1.165) is 0 Å². The van der Waals surface area contributed by atoms with Gasteiger partial charge in [0.1, 0.15) is 22.4 Å². The number of rotatable bonds is 6. The first kappa shape index (κ1) is 19.8. The fraction of sp³-hybridized carbons (Fsp3) is 0.250. The number of nitrogens with zero attached hydrogens (tertiary/aromatic N) is 2. The predicted octanol–water partition coefficient (Wildman–Crippen LogP) is 3.29. The lowest BCUT2D eigenvalue weighted by Gasteiger charge is -2.10. The number of hydrogen-bond donors (Lipinski definition) is 1. The Kier molecular flexibility index (Phi) is 6.20. The maximum Gasteiger partial charge on any atom is 0.242 e. The summed E-state index contributed by atoms with van der Waals surface area (Å²) < 4.78 is 10.4. The zero-order valence-electron chi connectivity index (χ0n) is 15.8. The second-order valence-electron chi connectivity index (χ2n) is 6.05. The molecule has 1 N–H and O–H groups in total. The molecule has 2 amide bonds. The second kappa shape index (κ2) is 8.79. The zero-order valence-corrected chi connectivity index (χ0v) is 16.7. The number of carbonyl (C=O) groups is 2. The Morgan fingerprint density at radius 3 is 2.54 bits per heavy atom. The van der Waals surface area contributed by atoms with Crippen LogP contribution >= 0.6 is 11.8 Å². The monoisotopic (exact) mass is 399 g/mol. The molecule has 1 atom stereocenters. The average molecular weight is 399 g/mol. The van der Waals surface area contributed by atoms with Crippen LogP contribution in [0.4, 0.5) is 11.4 Å². The molecule has 1 fully saturated rings. The van der Waals surface area contributed by atoms with Gasteiger partial charge in [-0.05, 0) is 36.4 Å². The highest BCUT2D eigenvalue weighted by atomic mass is 32.2. The molecule has 0 spiro atoms. The molecule has 0 bridgehead atoms. The van der Waals surface area contributed by atoms with Gasteiger partial charge in [0, 0.05) is 19.2 Å². The molecule has 7 nitrogen and oxygen atoms in total. The first-order valence-electron chi connectivity index (χ1n) is 8.61. The summed E-state index contributed by atoms with van der Waals surface area (Å²) in [6.45, 7) is 0. The van der Waals surface area contributed by atoms with E-state index in [4.69, 9.17) is 9.47 Å². The standard InChI is InChI=1S/C20H21N3O4S/c1-23-19(25)17(12-18(24)21-13-8-10-14(26-2)11-9-13)28-20(23)22-15-6-4-5-7-16(15)27-3/h4-11,17H,12H2,1-3H3,(H,21,24). The number of methoxy groups -OCH3 is 2. The Balaban J connectivity index is 1.67. The minimum Gasteiger partial charge on any atom is -0.497 e. The van der Waals surface area contributed by atoms with Crippen molar-refractivity contribution in [2.24, 2.45) is 4.99 Å². The number of nitrogens with one attached hydrogen (secondary N) is 1. The lowest BCUT2D eigenvalue weighted by Crippen LogP contribution is -2.30. The van der Waals surface area contributed by atoms with Crippen molar-refractivity contribution in [1.29, 1.82) is 0 Å². The van der Waals surface area contributed by atoms with Crippen LogP contribution in [0.5, 0.6) is 11.5 Å². The van der Waals surface area contributed by atoms with Gasteiger partial charge in [-0.3, -0.25) is 14.5 Å². The van der Waals surface area contributed by atoms with Crippen LogP contribution in [-0.2, 0) is 9.59 Å². The Labute approximate surface area is 167 Å². The summed E-state index contributed by atoms with van der Waals surface area (Å²) in [5.74, 6) is 0.946. The number of para-hydroxylation sites is 2. The van der Waals surface area contributed by atoms with Crippen LogP contribution < -0.4 is 14.8 Å².